The highest BCUT2D eigenvalue weighted by molar-refractivity contribution is 8.04. The average molecular weight is 301 g/mol. The number of hydrogen-bond acceptors (Lipinski definition) is 5. The molecule has 1 aliphatic heterocycles. The Morgan fingerprint density at radius 2 is 2.05 bits per heavy atom. The first-order valence-corrected chi connectivity index (χ1v) is 7.46. The van der Waals surface area contributed by atoms with Gasteiger partial charge in [-0.1, -0.05) is 30.0 Å². The van der Waals surface area contributed by atoms with Gasteiger partial charge in [0, 0.05) is 16.3 Å². The van der Waals surface area contributed by atoms with Crippen LogP contribution in [0.3, 0.4) is 0 Å². The van der Waals surface area contributed by atoms with Crippen LogP contribution in [0, 0.1) is 5.41 Å². The zero-order chi connectivity index (χ0) is 15.2. The third kappa shape index (κ3) is 4.21. The van der Waals surface area contributed by atoms with E-state index in [1.165, 1.54) is 11.8 Å². The molecule has 0 saturated heterocycles. The predicted molar refractivity (Wildman–Crippen MR) is 89.2 cm³/mol. The maximum Gasteiger partial charge on any atom is 0.148 e. The fourth-order valence-corrected chi connectivity index (χ4v) is 2.74. The summed E-state index contributed by atoms with van der Waals surface area (Å²) in [5.74, 6) is 0.608. The molecule has 21 heavy (non-hydrogen) atoms. The quantitative estimate of drug-likeness (QED) is 0.380. The van der Waals surface area contributed by atoms with Gasteiger partial charge in [0.2, 0.25) is 0 Å². The minimum atomic E-state index is -0.00287. The predicted octanol–water partition coefficient (Wildman–Crippen LogP) is 2.18. The van der Waals surface area contributed by atoms with Crippen LogP contribution < -0.4 is 16.8 Å². The molecule has 6 N–H and O–H groups in total. The molecule has 1 aliphatic rings. The zero-order valence-electron chi connectivity index (χ0n) is 11.9. The Balaban J connectivity index is 2.33. The Hall–Kier alpha value is -2.05. The fourth-order valence-electron chi connectivity index (χ4n) is 1.91. The van der Waals surface area contributed by atoms with Gasteiger partial charge in [0.1, 0.15) is 11.7 Å². The maximum absolute atomic E-state index is 7.82. The molecular formula is C15H19N5S. The summed E-state index contributed by atoms with van der Waals surface area (Å²) in [6.07, 6.45) is 2.69. The van der Waals surface area contributed by atoms with E-state index in [2.05, 4.69) is 10.3 Å². The summed E-state index contributed by atoms with van der Waals surface area (Å²) >= 11 is 1.43. The molecule has 0 aliphatic carbocycles. The van der Waals surface area contributed by atoms with E-state index >= 15 is 0 Å². The van der Waals surface area contributed by atoms with Crippen LogP contribution in [0.4, 0.5) is 0 Å². The second kappa shape index (κ2) is 7.10. The van der Waals surface area contributed by atoms with Crippen molar-refractivity contribution in [3.63, 3.8) is 0 Å². The topological polar surface area (TPSA) is 100 Å². The van der Waals surface area contributed by atoms with Crippen LogP contribution in [-0.2, 0) is 0 Å². The third-order valence-electron chi connectivity index (χ3n) is 2.79. The van der Waals surface area contributed by atoms with Gasteiger partial charge in [0.25, 0.3) is 0 Å². The van der Waals surface area contributed by atoms with Gasteiger partial charge in [-0.05, 0) is 38.1 Å². The summed E-state index contributed by atoms with van der Waals surface area (Å²) in [6.45, 7) is 2.48. The van der Waals surface area contributed by atoms with Crippen molar-refractivity contribution in [1.29, 1.82) is 5.41 Å². The maximum atomic E-state index is 7.82. The number of nitrogens with one attached hydrogen (secondary N) is 2. The Kier molecular flexibility index (Phi) is 5.19. The average Bonchev–Trinajstić information content (AvgIpc) is 2.45. The number of allylic oxidation sites excluding steroid dienone is 1. The van der Waals surface area contributed by atoms with E-state index in [-0.39, 0.29) is 5.84 Å². The monoisotopic (exact) mass is 301 g/mol. The lowest BCUT2D eigenvalue weighted by Gasteiger charge is -2.19. The number of nitrogens with two attached hydrogens (primary N) is 2. The minimum absolute atomic E-state index is 0.00287. The van der Waals surface area contributed by atoms with Crippen molar-refractivity contribution in [3.8, 4) is 0 Å². The summed E-state index contributed by atoms with van der Waals surface area (Å²) in [7, 11) is 0. The minimum Gasteiger partial charge on any atom is -0.383 e. The number of aliphatic imine (C=N–C) groups is 1. The van der Waals surface area contributed by atoms with E-state index in [1.807, 2.05) is 43.3 Å². The zero-order valence-corrected chi connectivity index (χ0v) is 12.7. The molecule has 2 rings (SSSR count). The van der Waals surface area contributed by atoms with E-state index in [4.69, 9.17) is 16.9 Å². The van der Waals surface area contributed by atoms with E-state index in [1.54, 1.807) is 0 Å². The van der Waals surface area contributed by atoms with Crippen molar-refractivity contribution in [2.45, 2.75) is 18.2 Å². The Morgan fingerprint density at radius 3 is 2.67 bits per heavy atom. The van der Waals surface area contributed by atoms with Gasteiger partial charge in [-0.2, -0.15) is 0 Å². The first-order chi connectivity index (χ1) is 10.1. The lowest BCUT2D eigenvalue weighted by Crippen LogP contribution is -2.24. The van der Waals surface area contributed by atoms with Crippen molar-refractivity contribution in [2.24, 2.45) is 16.5 Å². The first-order valence-electron chi connectivity index (χ1n) is 6.64. The van der Waals surface area contributed by atoms with Crippen molar-refractivity contribution >= 4 is 23.3 Å². The molecule has 5 nitrogen and oxygen atoms in total. The smallest absolute Gasteiger partial charge is 0.148 e. The van der Waals surface area contributed by atoms with Crippen molar-refractivity contribution in [3.05, 3.63) is 52.8 Å². The summed E-state index contributed by atoms with van der Waals surface area (Å²) in [5, 5.41) is 11.0. The lowest BCUT2D eigenvalue weighted by molar-refractivity contribution is 0.824. The first kappa shape index (κ1) is 15.3. The molecular weight excluding hydrogens is 282 g/mol. The Morgan fingerprint density at radius 1 is 1.33 bits per heavy atom. The van der Waals surface area contributed by atoms with E-state index in [0.717, 1.165) is 22.7 Å². The fraction of sp³-hybridized carbons (Fsp3) is 0.200. The molecule has 0 spiro atoms. The molecule has 0 atom stereocenters. The Labute approximate surface area is 128 Å². The van der Waals surface area contributed by atoms with Crippen LogP contribution in [0.5, 0.6) is 0 Å². The summed E-state index contributed by atoms with van der Waals surface area (Å²) in [5.41, 5.74) is 13.2. The molecule has 1 heterocycles. The molecule has 0 fully saturated rings. The van der Waals surface area contributed by atoms with Gasteiger partial charge in [-0.15, -0.1) is 0 Å². The van der Waals surface area contributed by atoms with Gasteiger partial charge in [-0.25, -0.2) is 4.99 Å². The lowest BCUT2D eigenvalue weighted by atomic mass is 10.2. The molecule has 0 saturated carbocycles. The van der Waals surface area contributed by atoms with Gasteiger partial charge < -0.3 is 16.8 Å². The van der Waals surface area contributed by atoms with Crippen LogP contribution in [0.1, 0.15) is 13.3 Å². The third-order valence-corrected chi connectivity index (χ3v) is 3.91. The van der Waals surface area contributed by atoms with Crippen LogP contribution >= 0.6 is 11.8 Å². The molecule has 0 bridgehead atoms. The van der Waals surface area contributed by atoms with Crippen LogP contribution in [0.15, 0.2) is 62.7 Å². The molecule has 6 heteroatoms. The highest BCUT2D eigenvalue weighted by Gasteiger charge is 2.16. The number of nitrogens with zero attached hydrogens (tertiary/aromatic N) is 1. The van der Waals surface area contributed by atoms with E-state index in [9.17, 15) is 0 Å². The van der Waals surface area contributed by atoms with Crippen molar-refractivity contribution in [2.75, 3.05) is 6.54 Å². The van der Waals surface area contributed by atoms with E-state index in [0.29, 0.717) is 17.3 Å². The van der Waals surface area contributed by atoms with Crippen LogP contribution in [0.2, 0.25) is 0 Å². The van der Waals surface area contributed by atoms with Crippen molar-refractivity contribution < 1.29 is 0 Å². The van der Waals surface area contributed by atoms with Gasteiger partial charge in [0.15, 0.2) is 0 Å². The highest BCUT2D eigenvalue weighted by atomic mass is 32.2. The number of hydrogen-bond donors (Lipinski definition) is 4. The molecule has 0 aromatic heterocycles. The molecule has 0 radical (unpaired) electrons. The molecule has 0 amide bonds. The SMILES string of the molecule is CC1=N/C(=C(\Sc2ccccc2)C(=N)N)NC(CCN)=C1. The summed E-state index contributed by atoms with van der Waals surface area (Å²) in [4.78, 5) is 6.09. The number of benzene rings is 1. The summed E-state index contributed by atoms with van der Waals surface area (Å²) < 4.78 is 0. The molecule has 0 unspecified atom stereocenters. The van der Waals surface area contributed by atoms with E-state index < -0.39 is 0 Å². The van der Waals surface area contributed by atoms with Gasteiger partial charge in [-0.3, -0.25) is 5.41 Å². The molecule has 1 aromatic carbocycles. The Bertz CT molecular complexity index is 616. The van der Waals surface area contributed by atoms with Crippen molar-refractivity contribution in [1.82, 2.24) is 5.32 Å². The summed E-state index contributed by atoms with van der Waals surface area (Å²) in [6, 6.07) is 9.81. The standard InChI is InChI=1S/C15H19N5S/c1-10-9-11(7-8-16)20-15(19-10)13(14(17)18)21-12-5-3-2-4-6-12/h2-6,9,20H,7-8,16H2,1H3,(H3,17,18)/b15-13+. The molecule has 1 aromatic rings. The number of rotatable bonds is 5. The van der Waals surface area contributed by atoms with Crippen LogP contribution in [-0.4, -0.2) is 18.1 Å². The second-order valence-electron chi connectivity index (χ2n) is 4.59. The van der Waals surface area contributed by atoms with Gasteiger partial charge >= 0.3 is 0 Å². The largest absolute Gasteiger partial charge is 0.383 e. The van der Waals surface area contributed by atoms with Crippen LogP contribution in [0.25, 0.3) is 0 Å². The number of amidine groups is 1. The molecule has 110 valence electrons. The number of thioether (sulfide) groups is 1. The second-order valence-corrected chi connectivity index (χ2v) is 5.68. The highest BCUT2D eigenvalue weighted by Crippen LogP contribution is 2.29. The van der Waals surface area contributed by atoms with Gasteiger partial charge in [0.05, 0.1) is 4.91 Å². The normalized spacial score (nSPS) is 16.7.